The standard InChI is InChI=1S/C29H38N2O4/c32-29(33)28(25-12-2-4-14-27(25)35-23-10-7-11-23)31-18-17-24(20-31)34-19-6-5-9-22-16-15-21-8-1-3-13-26(21)30-22/h2,4,12,14-16,23-24,28H,1,3,5-11,13,17-20H2,(H,32,33)/t24-,28+/m1/s1. The van der Waals surface area contributed by atoms with Crippen LogP contribution < -0.4 is 4.74 Å². The summed E-state index contributed by atoms with van der Waals surface area (Å²) >= 11 is 0. The average molecular weight is 479 g/mol. The summed E-state index contributed by atoms with van der Waals surface area (Å²) in [5.41, 5.74) is 4.70. The van der Waals surface area contributed by atoms with Crippen LogP contribution in [0.4, 0.5) is 0 Å². The van der Waals surface area contributed by atoms with Gasteiger partial charge in [-0.25, -0.2) is 0 Å². The zero-order valence-electron chi connectivity index (χ0n) is 20.7. The summed E-state index contributed by atoms with van der Waals surface area (Å²) in [7, 11) is 0. The molecule has 2 aliphatic carbocycles. The number of carbonyl (C=O) groups is 1. The van der Waals surface area contributed by atoms with E-state index in [0.717, 1.165) is 57.1 Å². The first-order valence-electron chi connectivity index (χ1n) is 13.5. The van der Waals surface area contributed by atoms with Crippen LogP contribution in [0.25, 0.3) is 0 Å². The summed E-state index contributed by atoms with van der Waals surface area (Å²) < 4.78 is 12.3. The molecule has 2 aromatic rings. The van der Waals surface area contributed by atoms with E-state index in [4.69, 9.17) is 14.5 Å². The summed E-state index contributed by atoms with van der Waals surface area (Å²) in [5.74, 6) is -0.113. The number of hydrogen-bond acceptors (Lipinski definition) is 5. The largest absolute Gasteiger partial charge is 0.490 e. The van der Waals surface area contributed by atoms with Gasteiger partial charge < -0.3 is 14.6 Å². The van der Waals surface area contributed by atoms with Crippen LogP contribution in [-0.2, 0) is 28.8 Å². The average Bonchev–Trinajstić information content (AvgIpc) is 3.30. The van der Waals surface area contributed by atoms with Crippen molar-refractivity contribution in [2.75, 3.05) is 19.7 Å². The number of aliphatic carboxylic acids is 1. The second-order valence-electron chi connectivity index (χ2n) is 10.3. The van der Waals surface area contributed by atoms with E-state index in [1.54, 1.807) is 0 Å². The highest BCUT2D eigenvalue weighted by molar-refractivity contribution is 5.76. The number of carboxylic acid groups (broad SMARTS) is 1. The fourth-order valence-corrected chi connectivity index (χ4v) is 5.52. The number of aromatic nitrogens is 1. The van der Waals surface area contributed by atoms with Crippen molar-refractivity contribution in [2.45, 2.75) is 88.9 Å². The van der Waals surface area contributed by atoms with Gasteiger partial charge in [0.1, 0.15) is 11.8 Å². The number of unbranched alkanes of at least 4 members (excludes halogenated alkanes) is 1. The number of hydrogen-bond donors (Lipinski definition) is 1. The molecular formula is C29H38N2O4. The Morgan fingerprint density at radius 2 is 1.89 bits per heavy atom. The van der Waals surface area contributed by atoms with Gasteiger partial charge in [0.05, 0.1) is 12.2 Å². The molecule has 35 heavy (non-hydrogen) atoms. The third kappa shape index (κ3) is 6.04. The molecule has 1 saturated heterocycles. The number of benzene rings is 1. The second kappa shape index (κ2) is 11.5. The Labute approximate surface area is 208 Å². The van der Waals surface area contributed by atoms with Crippen LogP contribution >= 0.6 is 0 Å². The molecular weight excluding hydrogens is 440 g/mol. The lowest BCUT2D eigenvalue weighted by molar-refractivity contribution is -0.143. The quantitative estimate of drug-likeness (QED) is 0.452. The van der Waals surface area contributed by atoms with Gasteiger partial charge >= 0.3 is 5.97 Å². The summed E-state index contributed by atoms with van der Waals surface area (Å²) in [6, 6.07) is 11.4. The number of aryl methyl sites for hydroxylation is 3. The molecule has 2 heterocycles. The second-order valence-corrected chi connectivity index (χ2v) is 10.3. The molecule has 0 spiro atoms. The molecule has 0 bridgehead atoms. The van der Waals surface area contributed by atoms with Crippen molar-refractivity contribution in [3.63, 3.8) is 0 Å². The highest BCUT2D eigenvalue weighted by Gasteiger charge is 2.36. The lowest BCUT2D eigenvalue weighted by atomic mass is 9.95. The molecule has 1 saturated carbocycles. The summed E-state index contributed by atoms with van der Waals surface area (Å²) in [5, 5.41) is 10.1. The number of para-hydroxylation sites is 1. The molecule has 2 atom stereocenters. The van der Waals surface area contributed by atoms with E-state index < -0.39 is 12.0 Å². The normalized spacial score (nSPS) is 21.3. The van der Waals surface area contributed by atoms with E-state index in [0.29, 0.717) is 18.9 Å². The van der Waals surface area contributed by atoms with Gasteiger partial charge in [-0.2, -0.15) is 0 Å². The van der Waals surface area contributed by atoms with Crippen LogP contribution in [0.15, 0.2) is 36.4 Å². The van der Waals surface area contributed by atoms with Crippen LogP contribution in [0.5, 0.6) is 5.75 Å². The van der Waals surface area contributed by atoms with Crippen molar-refractivity contribution in [2.24, 2.45) is 0 Å². The van der Waals surface area contributed by atoms with E-state index in [1.165, 1.54) is 42.6 Å². The Bertz CT molecular complexity index is 1010. The van der Waals surface area contributed by atoms with Crippen LogP contribution in [0.1, 0.15) is 79.9 Å². The molecule has 5 rings (SSSR count). The first-order valence-corrected chi connectivity index (χ1v) is 13.5. The first kappa shape index (κ1) is 24.3. The van der Waals surface area contributed by atoms with Crippen molar-refractivity contribution >= 4 is 5.97 Å². The number of rotatable bonds is 11. The number of fused-ring (bicyclic) bond motifs is 1. The molecule has 0 unspecified atom stereocenters. The Kier molecular flexibility index (Phi) is 7.99. The van der Waals surface area contributed by atoms with E-state index in [-0.39, 0.29) is 12.2 Å². The van der Waals surface area contributed by atoms with Gasteiger partial charge in [0.15, 0.2) is 0 Å². The monoisotopic (exact) mass is 478 g/mol. The number of pyridine rings is 1. The lowest BCUT2D eigenvalue weighted by Crippen LogP contribution is -2.34. The molecule has 6 heteroatoms. The molecule has 6 nitrogen and oxygen atoms in total. The number of likely N-dealkylation sites (tertiary alicyclic amines) is 1. The van der Waals surface area contributed by atoms with Gasteiger partial charge in [-0.1, -0.05) is 24.3 Å². The third-order valence-electron chi connectivity index (χ3n) is 7.75. The molecule has 2 fully saturated rings. The summed E-state index contributed by atoms with van der Waals surface area (Å²) in [4.78, 5) is 19.2. The van der Waals surface area contributed by atoms with Crippen LogP contribution in [0, 0.1) is 0 Å². The molecule has 0 radical (unpaired) electrons. The predicted octanol–water partition coefficient (Wildman–Crippen LogP) is 5.13. The fourth-order valence-electron chi connectivity index (χ4n) is 5.52. The fraction of sp³-hybridized carbons (Fsp3) is 0.586. The van der Waals surface area contributed by atoms with Crippen molar-refractivity contribution in [3.05, 3.63) is 58.9 Å². The van der Waals surface area contributed by atoms with Crippen molar-refractivity contribution in [3.8, 4) is 5.75 Å². The van der Waals surface area contributed by atoms with Crippen LogP contribution in [-0.4, -0.2) is 52.9 Å². The molecule has 1 aliphatic heterocycles. The highest BCUT2D eigenvalue weighted by atomic mass is 16.5. The Balaban J connectivity index is 1.09. The van der Waals surface area contributed by atoms with E-state index in [2.05, 4.69) is 12.1 Å². The van der Waals surface area contributed by atoms with E-state index in [1.807, 2.05) is 29.2 Å². The Morgan fingerprint density at radius 1 is 1.03 bits per heavy atom. The molecule has 1 aromatic carbocycles. The summed E-state index contributed by atoms with van der Waals surface area (Å²) in [6.07, 6.45) is 12.4. The lowest BCUT2D eigenvalue weighted by Gasteiger charge is -2.30. The van der Waals surface area contributed by atoms with Crippen LogP contribution in [0.3, 0.4) is 0 Å². The molecule has 188 valence electrons. The Hall–Kier alpha value is -2.44. The minimum atomic E-state index is -0.826. The maximum Gasteiger partial charge on any atom is 0.325 e. The van der Waals surface area contributed by atoms with Crippen molar-refractivity contribution in [1.82, 2.24) is 9.88 Å². The Morgan fingerprint density at radius 3 is 2.71 bits per heavy atom. The van der Waals surface area contributed by atoms with Crippen molar-refractivity contribution < 1.29 is 19.4 Å². The SMILES string of the molecule is O=C(O)[C@H](c1ccccc1OC1CCC1)N1CC[C@@H](OCCCCc2ccc3c(n2)CCCC3)C1. The molecule has 3 aliphatic rings. The topological polar surface area (TPSA) is 71.9 Å². The van der Waals surface area contributed by atoms with Gasteiger partial charge in [0, 0.05) is 36.6 Å². The molecule has 1 N–H and O–H groups in total. The number of carboxylic acids is 1. The van der Waals surface area contributed by atoms with E-state index in [9.17, 15) is 9.90 Å². The maximum atomic E-state index is 12.3. The zero-order chi connectivity index (χ0) is 24.0. The molecule has 1 aromatic heterocycles. The van der Waals surface area contributed by atoms with Crippen LogP contribution in [0.2, 0.25) is 0 Å². The predicted molar refractivity (Wildman–Crippen MR) is 135 cm³/mol. The minimum Gasteiger partial charge on any atom is -0.490 e. The summed E-state index contributed by atoms with van der Waals surface area (Å²) in [6.45, 7) is 2.07. The first-order chi connectivity index (χ1) is 17.2. The van der Waals surface area contributed by atoms with Gasteiger partial charge in [0.25, 0.3) is 0 Å². The highest BCUT2D eigenvalue weighted by Crippen LogP contribution is 2.35. The van der Waals surface area contributed by atoms with Gasteiger partial charge in [-0.05, 0) is 88.3 Å². The van der Waals surface area contributed by atoms with Gasteiger partial charge in [0.2, 0.25) is 0 Å². The smallest absolute Gasteiger partial charge is 0.325 e. The number of nitrogens with zero attached hydrogens (tertiary/aromatic N) is 2. The minimum absolute atomic E-state index is 0.0819. The van der Waals surface area contributed by atoms with Crippen molar-refractivity contribution in [1.29, 1.82) is 0 Å². The van der Waals surface area contributed by atoms with E-state index >= 15 is 0 Å². The molecule has 0 amide bonds. The zero-order valence-corrected chi connectivity index (χ0v) is 20.7. The maximum absolute atomic E-state index is 12.3. The number of ether oxygens (including phenoxy) is 2. The van der Waals surface area contributed by atoms with Gasteiger partial charge in [-0.15, -0.1) is 0 Å². The van der Waals surface area contributed by atoms with Gasteiger partial charge in [-0.3, -0.25) is 14.7 Å². The third-order valence-corrected chi connectivity index (χ3v) is 7.75.